The van der Waals surface area contributed by atoms with Crippen LogP contribution in [-0.2, 0) is 11.3 Å². The molecule has 2 fully saturated rings. The SMILES string of the molecule is CC(CNC(=S)N(/N=C1\[C@@H](O)[C@@H](O)[C@@H](O)[C@H](O)[C@H]1O)c1ccccc1)CO[C@@H]1[C@H](O)[C@H](O)/C(=N\N(C(=S)NCc2ccccc2)c2ccccc2)[C@H](O)[C@H]1O. The molecule has 0 amide bonds. The molecule has 0 spiro atoms. The highest BCUT2D eigenvalue weighted by atomic mass is 32.1. The number of thiocarbonyl (C=S) groups is 2. The number of aliphatic hydroxyl groups is 9. The summed E-state index contributed by atoms with van der Waals surface area (Å²) in [5.41, 5.74) is 1.10. The van der Waals surface area contributed by atoms with E-state index in [1.807, 2.05) is 30.3 Å². The van der Waals surface area contributed by atoms with Gasteiger partial charge in [-0.25, -0.2) is 10.0 Å². The Kier molecular flexibility index (Phi) is 14.7. The third-order valence-corrected chi connectivity index (χ3v) is 9.79. The van der Waals surface area contributed by atoms with Crippen LogP contribution in [0, 0.1) is 5.92 Å². The van der Waals surface area contributed by atoms with E-state index >= 15 is 0 Å². The van der Waals surface area contributed by atoms with Crippen molar-refractivity contribution >= 4 is 57.5 Å². The molecule has 2 aliphatic carbocycles. The first-order valence-corrected chi connectivity index (χ1v) is 18.3. The molecular formula is C37H46N6O10S2. The predicted octanol–water partition coefficient (Wildman–Crippen LogP) is -1.04. The van der Waals surface area contributed by atoms with Crippen molar-refractivity contribution in [2.24, 2.45) is 16.1 Å². The lowest BCUT2D eigenvalue weighted by Gasteiger charge is -2.40. The zero-order valence-corrected chi connectivity index (χ0v) is 31.3. The molecule has 0 heterocycles. The summed E-state index contributed by atoms with van der Waals surface area (Å²) in [6.07, 6.45) is -17.3. The van der Waals surface area contributed by atoms with E-state index in [9.17, 15) is 46.0 Å². The third kappa shape index (κ3) is 10.1. The van der Waals surface area contributed by atoms with Gasteiger partial charge in [0.1, 0.15) is 72.5 Å². The quantitative estimate of drug-likeness (QED) is 0.0820. The smallest absolute Gasteiger partial charge is 0.194 e. The van der Waals surface area contributed by atoms with Crippen molar-refractivity contribution in [3.63, 3.8) is 0 Å². The number of para-hydroxylation sites is 2. The molecule has 2 aliphatic rings. The van der Waals surface area contributed by atoms with E-state index in [1.165, 1.54) is 10.0 Å². The molecule has 11 N–H and O–H groups in total. The Morgan fingerprint density at radius 2 is 1.00 bits per heavy atom. The van der Waals surface area contributed by atoms with Crippen molar-refractivity contribution in [2.75, 3.05) is 23.2 Å². The van der Waals surface area contributed by atoms with Crippen LogP contribution in [0.3, 0.4) is 0 Å². The van der Waals surface area contributed by atoms with Crippen molar-refractivity contribution in [3.8, 4) is 0 Å². The van der Waals surface area contributed by atoms with Crippen LogP contribution in [0.2, 0.25) is 0 Å². The largest absolute Gasteiger partial charge is 0.387 e. The number of benzene rings is 3. The molecule has 0 radical (unpaired) electrons. The second kappa shape index (κ2) is 19.2. The van der Waals surface area contributed by atoms with Gasteiger partial charge in [-0.05, 0) is 60.2 Å². The summed E-state index contributed by atoms with van der Waals surface area (Å²) >= 11 is 11.2. The highest BCUT2D eigenvalue weighted by Crippen LogP contribution is 2.26. The number of hydrogen-bond donors (Lipinski definition) is 11. The van der Waals surface area contributed by atoms with Crippen molar-refractivity contribution in [1.82, 2.24) is 10.6 Å². The van der Waals surface area contributed by atoms with E-state index in [4.69, 9.17) is 29.2 Å². The lowest BCUT2D eigenvalue weighted by atomic mass is 9.85. The van der Waals surface area contributed by atoms with Crippen molar-refractivity contribution in [2.45, 2.75) is 74.5 Å². The van der Waals surface area contributed by atoms with E-state index in [0.29, 0.717) is 17.9 Å². The van der Waals surface area contributed by atoms with Gasteiger partial charge in [0.05, 0.1) is 18.0 Å². The number of rotatable bonds is 11. The first-order chi connectivity index (χ1) is 26.3. The van der Waals surface area contributed by atoms with Gasteiger partial charge in [-0.1, -0.05) is 73.7 Å². The summed E-state index contributed by atoms with van der Waals surface area (Å²) in [5.74, 6) is -0.363. The number of nitrogens with zero attached hydrogens (tertiary/aromatic N) is 4. The van der Waals surface area contributed by atoms with E-state index in [1.54, 1.807) is 67.6 Å². The maximum absolute atomic E-state index is 11.2. The average Bonchev–Trinajstić information content (AvgIpc) is 3.20. The lowest BCUT2D eigenvalue weighted by Crippen LogP contribution is -2.63. The molecule has 16 nitrogen and oxygen atoms in total. The van der Waals surface area contributed by atoms with Crippen molar-refractivity contribution in [1.29, 1.82) is 0 Å². The Labute approximate surface area is 328 Å². The van der Waals surface area contributed by atoms with Gasteiger partial charge in [0.2, 0.25) is 0 Å². The van der Waals surface area contributed by atoms with E-state index in [0.717, 1.165) is 5.56 Å². The summed E-state index contributed by atoms with van der Waals surface area (Å²) in [4.78, 5) is 0. The molecule has 55 heavy (non-hydrogen) atoms. The Hall–Kier alpha value is -4.02. The molecule has 3 aromatic carbocycles. The molecule has 5 rings (SSSR count). The zero-order chi connectivity index (χ0) is 39.8. The molecule has 18 heteroatoms. The summed E-state index contributed by atoms with van der Waals surface area (Å²) in [6, 6.07) is 26.7. The fourth-order valence-corrected chi connectivity index (χ4v) is 6.40. The van der Waals surface area contributed by atoms with Gasteiger partial charge in [-0.2, -0.15) is 10.2 Å². The van der Waals surface area contributed by atoms with E-state index < -0.39 is 66.8 Å². The van der Waals surface area contributed by atoms with Crippen LogP contribution in [0.25, 0.3) is 0 Å². The van der Waals surface area contributed by atoms with Gasteiger partial charge in [0.15, 0.2) is 10.2 Å². The van der Waals surface area contributed by atoms with Crippen molar-refractivity contribution < 1.29 is 50.7 Å². The predicted molar refractivity (Wildman–Crippen MR) is 212 cm³/mol. The minimum Gasteiger partial charge on any atom is -0.387 e. The molecule has 0 bridgehead atoms. The van der Waals surface area contributed by atoms with Crippen LogP contribution in [0.4, 0.5) is 11.4 Å². The van der Waals surface area contributed by atoms with E-state index in [2.05, 4.69) is 20.8 Å². The first-order valence-electron chi connectivity index (χ1n) is 17.5. The first kappa shape index (κ1) is 42.1. The maximum atomic E-state index is 11.2. The molecular weight excluding hydrogens is 753 g/mol. The third-order valence-electron chi connectivity index (χ3n) is 9.16. The molecule has 0 aliphatic heterocycles. The van der Waals surface area contributed by atoms with Crippen LogP contribution >= 0.6 is 24.4 Å². The van der Waals surface area contributed by atoms with Gasteiger partial charge < -0.3 is 61.3 Å². The topological polar surface area (TPSA) is 247 Å². The Bertz CT molecular complexity index is 1750. The lowest BCUT2D eigenvalue weighted by molar-refractivity contribution is -0.159. The standard InChI is InChI=1S/C37H46N6O10S2/c1-20(17-38-36(54)42(22-13-7-3-8-14-22)40-24-26(44)30(48)32(50)31(49)27(24)45)19-53-35-33(51)28(46)25(29(47)34(35)52)41-43(23-15-9-4-10-16-23)37(55)39-18-21-11-5-2-6-12-21/h2-16,20,26-35,44-52H,17-19H2,1H3,(H,38,54)(H,39,55)/b40-24-,41-25-/t20?,26-,27+,28-,29+,30+,31+,32-,33+,34+,35-/m0/s1. The number of anilines is 2. The van der Waals surface area contributed by atoms with Gasteiger partial charge in [-0.15, -0.1) is 0 Å². The molecule has 296 valence electrons. The molecule has 1 unspecified atom stereocenters. The Morgan fingerprint density at radius 3 is 1.45 bits per heavy atom. The van der Waals surface area contributed by atoms with Gasteiger partial charge >= 0.3 is 0 Å². The second-order valence-electron chi connectivity index (χ2n) is 13.3. The van der Waals surface area contributed by atoms with Crippen LogP contribution in [0.1, 0.15) is 12.5 Å². The molecule has 0 saturated heterocycles. The summed E-state index contributed by atoms with van der Waals surface area (Å²) in [6.45, 7) is 2.18. The van der Waals surface area contributed by atoms with Gasteiger partial charge in [0.25, 0.3) is 0 Å². The normalized spacial score (nSPS) is 30.1. The minimum atomic E-state index is -1.82. The Balaban J connectivity index is 1.24. The van der Waals surface area contributed by atoms with Gasteiger partial charge in [-0.3, -0.25) is 0 Å². The monoisotopic (exact) mass is 798 g/mol. The summed E-state index contributed by atoms with van der Waals surface area (Å²) < 4.78 is 5.85. The Morgan fingerprint density at radius 1 is 0.600 bits per heavy atom. The van der Waals surface area contributed by atoms with Crippen LogP contribution < -0.4 is 20.7 Å². The van der Waals surface area contributed by atoms with Crippen LogP contribution in [0.15, 0.2) is 101 Å². The maximum Gasteiger partial charge on any atom is 0.194 e. The van der Waals surface area contributed by atoms with Gasteiger partial charge in [0, 0.05) is 13.1 Å². The fraction of sp³-hybridized carbons (Fsp3) is 0.405. The average molecular weight is 799 g/mol. The summed E-state index contributed by atoms with van der Waals surface area (Å²) in [7, 11) is 0. The number of hydrogen-bond acceptors (Lipinski definition) is 14. The highest BCUT2D eigenvalue weighted by molar-refractivity contribution is 7.80. The number of ether oxygens (including phenoxy) is 1. The fourth-order valence-electron chi connectivity index (χ4n) is 5.95. The van der Waals surface area contributed by atoms with Crippen molar-refractivity contribution in [3.05, 3.63) is 96.6 Å². The van der Waals surface area contributed by atoms with Crippen LogP contribution in [-0.4, -0.2) is 142 Å². The number of nitrogens with one attached hydrogen (secondary N) is 2. The molecule has 3 aromatic rings. The number of aliphatic hydroxyl groups excluding tert-OH is 9. The summed E-state index contributed by atoms with van der Waals surface area (Å²) in [5, 5.41) is 113. The van der Waals surface area contributed by atoms with Crippen LogP contribution in [0.5, 0.6) is 0 Å². The second-order valence-corrected chi connectivity index (χ2v) is 14.1. The minimum absolute atomic E-state index is 0.0105. The number of hydrazone groups is 2. The van der Waals surface area contributed by atoms with E-state index in [-0.39, 0.29) is 35.0 Å². The highest BCUT2D eigenvalue weighted by Gasteiger charge is 2.49. The molecule has 11 atom stereocenters. The molecule has 0 aromatic heterocycles. The molecule has 2 saturated carbocycles. The zero-order valence-electron chi connectivity index (χ0n) is 29.7.